The monoisotopic (exact) mass is 265 g/mol. The van der Waals surface area contributed by atoms with Gasteiger partial charge in [0.15, 0.2) is 0 Å². The Labute approximate surface area is 117 Å². The highest BCUT2D eigenvalue weighted by Gasteiger charge is 2.16. The Hall–Kier alpha value is -0.470. The highest BCUT2D eigenvalue weighted by molar-refractivity contribution is 7.99. The van der Waals surface area contributed by atoms with Gasteiger partial charge in [0.2, 0.25) is 0 Å². The van der Waals surface area contributed by atoms with Gasteiger partial charge in [0, 0.05) is 11.3 Å². The molecule has 3 atom stereocenters. The first-order valence-corrected chi connectivity index (χ1v) is 8.09. The molecule has 2 heteroatoms. The summed E-state index contributed by atoms with van der Waals surface area (Å²) in [7, 11) is 0. The number of benzene rings is 1. The van der Waals surface area contributed by atoms with Crippen molar-refractivity contribution in [3.63, 3.8) is 0 Å². The topological polar surface area (TPSA) is 26.0 Å². The SMILES string of the molecule is CCc1ccc(C(N)C(C)SCC(C)CC)cc1. The Morgan fingerprint density at radius 1 is 1.11 bits per heavy atom. The van der Waals surface area contributed by atoms with Crippen molar-refractivity contribution in [3.05, 3.63) is 35.4 Å². The minimum Gasteiger partial charge on any atom is -0.323 e. The summed E-state index contributed by atoms with van der Waals surface area (Å²) in [5.74, 6) is 1.99. The Kier molecular flexibility index (Phi) is 6.80. The molecule has 0 radical (unpaired) electrons. The van der Waals surface area contributed by atoms with Gasteiger partial charge in [-0.25, -0.2) is 0 Å². The highest BCUT2D eigenvalue weighted by atomic mass is 32.2. The van der Waals surface area contributed by atoms with E-state index in [9.17, 15) is 0 Å². The van der Waals surface area contributed by atoms with Crippen LogP contribution in [0.4, 0.5) is 0 Å². The van der Waals surface area contributed by atoms with Gasteiger partial charge in [0.1, 0.15) is 0 Å². The summed E-state index contributed by atoms with van der Waals surface area (Å²) in [5, 5.41) is 0.478. The molecule has 18 heavy (non-hydrogen) atoms. The van der Waals surface area contributed by atoms with E-state index in [1.54, 1.807) is 0 Å². The van der Waals surface area contributed by atoms with E-state index in [0.717, 1.165) is 12.3 Å². The smallest absolute Gasteiger partial charge is 0.0412 e. The second-order valence-corrected chi connectivity index (χ2v) is 6.58. The largest absolute Gasteiger partial charge is 0.323 e. The molecule has 1 rings (SSSR count). The Bertz CT molecular complexity index is 333. The van der Waals surface area contributed by atoms with Crippen molar-refractivity contribution in [1.29, 1.82) is 0 Å². The normalized spacial score (nSPS) is 16.3. The van der Waals surface area contributed by atoms with Gasteiger partial charge in [-0.15, -0.1) is 0 Å². The number of aryl methyl sites for hydroxylation is 1. The maximum Gasteiger partial charge on any atom is 0.0412 e. The van der Waals surface area contributed by atoms with E-state index >= 15 is 0 Å². The van der Waals surface area contributed by atoms with Crippen molar-refractivity contribution in [2.45, 2.75) is 51.8 Å². The maximum absolute atomic E-state index is 6.34. The molecule has 102 valence electrons. The first-order chi connectivity index (χ1) is 8.58. The van der Waals surface area contributed by atoms with Crippen LogP contribution >= 0.6 is 11.8 Å². The second kappa shape index (κ2) is 7.85. The third-order valence-electron chi connectivity index (χ3n) is 3.62. The minimum absolute atomic E-state index is 0.143. The second-order valence-electron chi connectivity index (χ2n) is 5.17. The fraction of sp³-hybridized carbons (Fsp3) is 0.625. The maximum atomic E-state index is 6.34. The van der Waals surface area contributed by atoms with E-state index < -0.39 is 0 Å². The third-order valence-corrected chi connectivity index (χ3v) is 5.20. The summed E-state index contributed by atoms with van der Waals surface area (Å²) in [6.45, 7) is 8.98. The Morgan fingerprint density at radius 3 is 2.22 bits per heavy atom. The predicted molar refractivity (Wildman–Crippen MR) is 84.1 cm³/mol. The molecule has 0 amide bonds. The van der Waals surface area contributed by atoms with E-state index in [0.29, 0.717) is 5.25 Å². The third kappa shape index (κ3) is 4.66. The summed E-state index contributed by atoms with van der Waals surface area (Å²) in [6, 6.07) is 8.90. The molecule has 0 aliphatic heterocycles. The van der Waals surface area contributed by atoms with Gasteiger partial charge in [-0.05, 0) is 29.2 Å². The average molecular weight is 265 g/mol. The van der Waals surface area contributed by atoms with E-state index in [2.05, 4.69) is 52.0 Å². The molecule has 0 fully saturated rings. The number of hydrogen-bond donors (Lipinski definition) is 1. The fourth-order valence-corrected chi connectivity index (χ4v) is 3.02. The van der Waals surface area contributed by atoms with Crippen LogP contribution in [0.3, 0.4) is 0 Å². The molecular weight excluding hydrogens is 238 g/mol. The number of nitrogens with two attached hydrogens (primary N) is 1. The van der Waals surface area contributed by atoms with Crippen LogP contribution in [0.15, 0.2) is 24.3 Å². The summed E-state index contributed by atoms with van der Waals surface area (Å²) < 4.78 is 0. The minimum atomic E-state index is 0.143. The molecule has 1 aromatic rings. The van der Waals surface area contributed by atoms with Gasteiger partial charge in [0.05, 0.1) is 0 Å². The molecule has 0 saturated heterocycles. The molecule has 2 N–H and O–H groups in total. The lowest BCUT2D eigenvalue weighted by Gasteiger charge is -2.21. The fourth-order valence-electron chi connectivity index (χ4n) is 1.78. The van der Waals surface area contributed by atoms with Crippen molar-refractivity contribution in [1.82, 2.24) is 0 Å². The van der Waals surface area contributed by atoms with Gasteiger partial charge < -0.3 is 5.73 Å². The molecule has 0 aromatic heterocycles. The van der Waals surface area contributed by atoms with E-state index in [1.807, 2.05) is 11.8 Å². The summed E-state index contributed by atoms with van der Waals surface area (Å²) in [5.41, 5.74) is 8.98. The Balaban J connectivity index is 2.53. The van der Waals surface area contributed by atoms with Gasteiger partial charge in [-0.1, -0.05) is 58.4 Å². The van der Waals surface area contributed by atoms with Gasteiger partial charge >= 0.3 is 0 Å². The lowest BCUT2D eigenvalue weighted by atomic mass is 10.0. The van der Waals surface area contributed by atoms with Crippen molar-refractivity contribution < 1.29 is 0 Å². The Morgan fingerprint density at radius 2 is 1.72 bits per heavy atom. The van der Waals surface area contributed by atoms with E-state index in [4.69, 9.17) is 5.73 Å². The van der Waals surface area contributed by atoms with Crippen LogP contribution in [-0.4, -0.2) is 11.0 Å². The molecule has 0 aliphatic rings. The van der Waals surface area contributed by atoms with E-state index in [1.165, 1.54) is 23.3 Å². The standard InChI is InChI=1S/C16H27NS/c1-5-12(3)11-18-13(4)16(17)15-9-7-14(6-2)8-10-15/h7-10,12-13,16H,5-6,11,17H2,1-4H3. The number of hydrogen-bond acceptors (Lipinski definition) is 2. The molecule has 0 spiro atoms. The van der Waals surface area contributed by atoms with Crippen LogP contribution < -0.4 is 5.73 Å². The van der Waals surface area contributed by atoms with Crippen LogP contribution in [0.2, 0.25) is 0 Å². The van der Waals surface area contributed by atoms with Gasteiger partial charge in [-0.3, -0.25) is 0 Å². The van der Waals surface area contributed by atoms with Crippen molar-refractivity contribution in [3.8, 4) is 0 Å². The first-order valence-electron chi connectivity index (χ1n) is 7.04. The zero-order valence-electron chi connectivity index (χ0n) is 12.1. The molecule has 1 nitrogen and oxygen atoms in total. The van der Waals surface area contributed by atoms with Crippen LogP contribution in [0.1, 0.15) is 51.3 Å². The zero-order chi connectivity index (χ0) is 13.5. The van der Waals surface area contributed by atoms with Crippen LogP contribution in [0.5, 0.6) is 0 Å². The highest BCUT2D eigenvalue weighted by Crippen LogP contribution is 2.26. The van der Waals surface area contributed by atoms with Gasteiger partial charge in [-0.2, -0.15) is 11.8 Å². The van der Waals surface area contributed by atoms with Crippen molar-refractivity contribution in [2.75, 3.05) is 5.75 Å². The van der Waals surface area contributed by atoms with Crippen molar-refractivity contribution >= 4 is 11.8 Å². The summed E-state index contributed by atoms with van der Waals surface area (Å²) >= 11 is 2.00. The average Bonchev–Trinajstić information content (AvgIpc) is 2.43. The van der Waals surface area contributed by atoms with Crippen LogP contribution in [0.25, 0.3) is 0 Å². The zero-order valence-corrected chi connectivity index (χ0v) is 13.0. The van der Waals surface area contributed by atoms with E-state index in [-0.39, 0.29) is 6.04 Å². The van der Waals surface area contributed by atoms with Gasteiger partial charge in [0.25, 0.3) is 0 Å². The molecular formula is C16H27NS. The molecule has 3 unspecified atom stereocenters. The molecule has 0 saturated carbocycles. The number of thioether (sulfide) groups is 1. The number of rotatable bonds is 7. The van der Waals surface area contributed by atoms with Crippen LogP contribution in [0, 0.1) is 5.92 Å². The predicted octanol–water partition coefficient (Wildman–Crippen LogP) is 4.42. The van der Waals surface area contributed by atoms with Crippen LogP contribution in [-0.2, 0) is 6.42 Å². The summed E-state index contributed by atoms with van der Waals surface area (Å²) in [6.07, 6.45) is 2.34. The first kappa shape index (κ1) is 15.6. The quantitative estimate of drug-likeness (QED) is 0.790. The van der Waals surface area contributed by atoms with Crippen molar-refractivity contribution in [2.24, 2.45) is 11.7 Å². The lowest BCUT2D eigenvalue weighted by Crippen LogP contribution is -2.22. The molecule has 0 bridgehead atoms. The molecule has 0 heterocycles. The summed E-state index contributed by atoms with van der Waals surface area (Å²) in [4.78, 5) is 0. The molecule has 0 aliphatic carbocycles. The lowest BCUT2D eigenvalue weighted by molar-refractivity contribution is 0.631. The molecule has 1 aromatic carbocycles.